The molecular weight excluding hydrogens is 477 g/mol. The predicted molar refractivity (Wildman–Crippen MR) is 130 cm³/mol. The van der Waals surface area contributed by atoms with E-state index in [1.165, 1.54) is 12.5 Å². The number of halogens is 4. The highest BCUT2D eigenvalue weighted by atomic mass is 35.5. The van der Waals surface area contributed by atoms with Gasteiger partial charge >= 0.3 is 6.18 Å². The Morgan fingerprint density at radius 3 is 2.71 bits per heavy atom. The standard InChI is InChI=1S/C27H26ClF3N2O2/c28-23-20-7-2-6-18(19-11-13-35-15-19)14-21(27(29,30)31)24(20)33-25(23)26(34)17-5-1-4-16(9-10-17)22-8-3-12-32-22/h3,6,11-17,20H,1-2,4-5,7-10H2. The van der Waals surface area contributed by atoms with Crippen LogP contribution in [0.15, 0.2) is 73.7 Å². The van der Waals surface area contributed by atoms with E-state index in [2.05, 4.69) is 9.98 Å². The van der Waals surface area contributed by atoms with Crippen LogP contribution >= 0.6 is 11.6 Å². The largest absolute Gasteiger partial charge is 0.472 e. The lowest BCUT2D eigenvalue weighted by atomic mass is 9.87. The smallest absolute Gasteiger partial charge is 0.418 e. The van der Waals surface area contributed by atoms with Crippen LogP contribution < -0.4 is 0 Å². The van der Waals surface area contributed by atoms with Gasteiger partial charge in [0, 0.05) is 35.7 Å². The molecule has 1 aromatic rings. The van der Waals surface area contributed by atoms with Gasteiger partial charge in [-0.05, 0) is 62.2 Å². The molecule has 4 nitrogen and oxygen atoms in total. The highest BCUT2D eigenvalue weighted by Crippen LogP contribution is 2.44. The molecule has 2 aliphatic heterocycles. The van der Waals surface area contributed by atoms with Crippen LogP contribution in [0.25, 0.3) is 5.57 Å². The Kier molecular flexibility index (Phi) is 6.71. The molecule has 4 aliphatic rings. The summed E-state index contributed by atoms with van der Waals surface area (Å²) in [5.74, 6) is -0.900. The first-order valence-corrected chi connectivity index (χ1v) is 12.5. The van der Waals surface area contributed by atoms with Gasteiger partial charge in [-0.3, -0.25) is 9.79 Å². The number of furan rings is 1. The van der Waals surface area contributed by atoms with E-state index in [0.29, 0.717) is 42.7 Å². The fourth-order valence-electron chi connectivity index (χ4n) is 5.51. The third-order valence-electron chi connectivity index (χ3n) is 7.37. The van der Waals surface area contributed by atoms with Gasteiger partial charge < -0.3 is 4.42 Å². The summed E-state index contributed by atoms with van der Waals surface area (Å²) >= 11 is 6.60. The first-order valence-electron chi connectivity index (χ1n) is 12.1. The van der Waals surface area contributed by atoms with Crippen LogP contribution in [0.3, 0.4) is 0 Å². The van der Waals surface area contributed by atoms with Gasteiger partial charge in [0.15, 0.2) is 5.78 Å². The van der Waals surface area contributed by atoms with E-state index in [-0.39, 0.29) is 28.1 Å². The molecule has 35 heavy (non-hydrogen) atoms. The molecule has 0 N–H and O–H groups in total. The van der Waals surface area contributed by atoms with Gasteiger partial charge in [-0.25, -0.2) is 4.99 Å². The molecule has 1 saturated carbocycles. The molecule has 0 radical (unpaired) electrons. The van der Waals surface area contributed by atoms with Gasteiger partial charge in [0.25, 0.3) is 0 Å². The number of aliphatic imine (C=N–C) groups is 2. The van der Waals surface area contributed by atoms with Crippen molar-refractivity contribution in [2.24, 2.45) is 27.7 Å². The number of Topliss-reactive ketones (excluding diaryl/α,β-unsaturated/α-hetero) is 1. The van der Waals surface area contributed by atoms with Crippen LogP contribution in [0.2, 0.25) is 0 Å². The molecule has 0 bridgehead atoms. The minimum Gasteiger partial charge on any atom is -0.472 e. The topological polar surface area (TPSA) is 54.9 Å². The number of carbonyl (C=O) groups is 1. The Morgan fingerprint density at radius 2 is 2.00 bits per heavy atom. The van der Waals surface area contributed by atoms with E-state index < -0.39 is 17.7 Å². The zero-order valence-corrected chi connectivity index (χ0v) is 19.9. The van der Waals surface area contributed by atoms with E-state index in [1.54, 1.807) is 12.1 Å². The molecule has 0 spiro atoms. The van der Waals surface area contributed by atoms with Gasteiger partial charge in [0.1, 0.15) is 5.70 Å². The van der Waals surface area contributed by atoms with Crippen molar-refractivity contribution in [2.75, 3.05) is 0 Å². The summed E-state index contributed by atoms with van der Waals surface area (Å²) in [6.07, 6.45) is 10.7. The maximum absolute atomic E-state index is 14.2. The van der Waals surface area contributed by atoms with Crippen molar-refractivity contribution < 1.29 is 22.4 Å². The van der Waals surface area contributed by atoms with Crippen molar-refractivity contribution in [3.05, 3.63) is 64.9 Å². The SMILES string of the molecule is O=C(C1=C(Cl)C2CCC=C(c3ccoc3)C=C(C(F)(F)F)C2=N1)C1CCCC(C2=NC=CC2)CC1. The number of nitrogens with zero attached hydrogens (tertiary/aromatic N) is 2. The summed E-state index contributed by atoms with van der Waals surface area (Å²) in [6.45, 7) is 0. The quantitative estimate of drug-likeness (QED) is 0.398. The average molecular weight is 503 g/mol. The Bertz CT molecular complexity index is 1190. The number of allylic oxidation sites excluding steroid dienone is 7. The average Bonchev–Trinajstić information content (AvgIpc) is 3.54. The molecule has 0 aromatic carbocycles. The molecule has 2 aliphatic carbocycles. The lowest BCUT2D eigenvalue weighted by molar-refractivity contribution is -0.119. The lowest BCUT2D eigenvalue weighted by Crippen LogP contribution is -2.26. The predicted octanol–water partition coefficient (Wildman–Crippen LogP) is 7.59. The third-order valence-corrected chi connectivity index (χ3v) is 7.81. The molecule has 3 heterocycles. The lowest BCUT2D eigenvalue weighted by Gasteiger charge is -2.21. The summed E-state index contributed by atoms with van der Waals surface area (Å²) in [4.78, 5) is 22.3. The molecule has 1 aromatic heterocycles. The second-order valence-corrected chi connectivity index (χ2v) is 9.93. The number of hydrogen-bond donors (Lipinski definition) is 0. The molecule has 1 fully saturated rings. The molecular formula is C27H26ClF3N2O2. The van der Waals surface area contributed by atoms with E-state index in [0.717, 1.165) is 37.5 Å². The van der Waals surface area contributed by atoms with Crippen LogP contribution in [0.4, 0.5) is 13.2 Å². The van der Waals surface area contributed by atoms with Gasteiger partial charge in [-0.15, -0.1) is 0 Å². The minimum absolute atomic E-state index is 0.0110. The van der Waals surface area contributed by atoms with Gasteiger partial charge in [-0.2, -0.15) is 13.2 Å². The van der Waals surface area contributed by atoms with Crippen LogP contribution in [-0.2, 0) is 4.79 Å². The Hall–Kier alpha value is -2.67. The van der Waals surface area contributed by atoms with Crippen molar-refractivity contribution in [3.63, 3.8) is 0 Å². The Balaban J connectivity index is 1.41. The molecule has 8 heteroatoms. The second kappa shape index (κ2) is 9.76. The number of alkyl halides is 3. The van der Waals surface area contributed by atoms with Crippen molar-refractivity contribution >= 4 is 34.4 Å². The first-order chi connectivity index (χ1) is 16.8. The Morgan fingerprint density at radius 1 is 1.14 bits per heavy atom. The summed E-state index contributed by atoms with van der Waals surface area (Å²) in [5, 5.41) is 0.144. The third kappa shape index (κ3) is 4.88. The van der Waals surface area contributed by atoms with Crippen LogP contribution in [0.1, 0.15) is 56.9 Å². The highest BCUT2D eigenvalue weighted by Gasteiger charge is 2.45. The van der Waals surface area contributed by atoms with Crippen LogP contribution in [-0.4, -0.2) is 23.4 Å². The maximum Gasteiger partial charge on any atom is 0.418 e. The van der Waals surface area contributed by atoms with E-state index in [9.17, 15) is 18.0 Å². The molecule has 3 atom stereocenters. The number of hydrogen-bond acceptors (Lipinski definition) is 4. The minimum atomic E-state index is -4.64. The van der Waals surface area contributed by atoms with E-state index in [4.69, 9.17) is 16.0 Å². The van der Waals surface area contributed by atoms with Crippen LogP contribution in [0.5, 0.6) is 0 Å². The molecule has 5 rings (SSSR count). The monoisotopic (exact) mass is 502 g/mol. The van der Waals surface area contributed by atoms with Crippen molar-refractivity contribution in [1.82, 2.24) is 0 Å². The molecule has 0 saturated heterocycles. The van der Waals surface area contributed by atoms with Crippen molar-refractivity contribution in [1.29, 1.82) is 0 Å². The highest BCUT2D eigenvalue weighted by molar-refractivity contribution is 6.36. The van der Waals surface area contributed by atoms with Crippen molar-refractivity contribution in [2.45, 2.75) is 57.5 Å². The summed E-state index contributed by atoms with van der Waals surface area (Å²) < 4.78 is 47.7. The number of fused-ring (bicyclic) bond motifs is 1. The van der Waals surface area contributed by atoms with Crippen LogP contribution in [0, 0.1) is 17.8 Å². The van der Waals surface area contributed by atoms with E-state index in [1.807, 2.05) is 12.3 Å². The van der Waals surface area contributed by atoms with Crippen molar-refractivity contribution in [3.8, 4) is 0 Å². The Labute approximate surface area is 207 Å². The summed E-state index contributed by atoms with van der Waals surface area (Å²) in [5.41, 5.74) is 1.14. The number of rotatable bonds is 4. The number of carbonyl (C=O) groups excluding carboxylic acids is 1. The second-order valence-electron chi connectivity index (χ2n) is 9.53. The summed E-state index contributed by atoms with van der Waals surface area (Å²) in [7, 11) is 0. The maximum atomic E-state index is 14.2. The fraction of sp³-hybridized carbons (Fsp3) is 0.444. The zero-order valence-electron chi connectivity index (χ0n) is 19.2. The molecule has 184 valence electrons. The van der Waals surface area contributed by atoms with Gasteiger partial charge in [0.2, 0.25) is 0 Å². The fourth-order valence-corrected chi connectivity index (χ4v) is 5.86. The zero-order chi connectivity index (χ0) is 24.6. The molecule has 0 amide bonds. The van der Waals surface area contributed by atoms with E-state index >= 15 is 0 Å². The number of ketones is 1. The van der Waals surface area contributed by atoms with Gasteiger partial charge in [0.05, 0.1) is 28.8 Å². The molecule has 3 unspecified atom stereocenters. The normalized spacial score (nSPS) is 27.4. The summed E-state index contributed by atoms with van der Waals surface area (Å²) in [6, 6.07) is 1.62. The first kappa shape index (κ1) is 24.0. The van der Waals surface area contributed by atoms with Gasteiger partial charge in [-0.1, -0.05) is 30.2 Å².